The van der Waals surface area contributed by atoms with Gasteiger partial charge in [-0.25, -0.2) is 9.59 Å². The Labute approximate surface area is 113 Å². The molecule has 3 N–H and O–H groups in total. The van der Waals surface area contributed by atoms with Crippen molar-refractivity contribution in [1.29, 1.82) is 0 Å². The summed E-state index contributed by atoms with van der Waals surface area (Å²) in [6.07, 6.45) is 0.952. The number of hydrogen-bond acceptors (Lipinski definition) is 4. The number of amides is 2. The fourth-order valence-electron chi connectivity index (χ4n) is 2.01. The summed E-state index contributed by atoms with van der Waals surface area (Å²) < 4.78 is 0. The average Bonchev–Trinajstić information content (AvgIpc) is 2.36. The summed E-state index contributed by atoms with van der Waals surface area (Å²) in [4.78, 5) is 26.5. The highest BCUT2D eigenvalue weighted by Gasteiger charge is 2.32. The van der Waals surface area contributed by atoms with Gasteiger partial charge in [-0.3, -0.25) is 4.90 Å². The highest BCUT2D eigenvalue weighted by atomic mass is 16.4. The lowest BCUT2D eigenvalue weighted by molar-refractivity contribution is -0.155. The monoisotopic (exact) mass is 273 g/mol. The molecule has 0 saturated carbocycles. The summed E-state index contributed by atoms with van der Waals surface area (Å²) in [6.45, 7) is 4.94. The molecule has 2 atom stereocenters. The van der Waals surface area contributed by atoms with Crippen molar-refractivity contribution in [2.75, 3.05) is 33.2 Å². The number of carboxylic acids is 1. The summed E-state index contributed by atoms with van der Waals surface area (Å²) in [5.41, 5.74) is -1.94. The van der Waals surface area contributed by atoms with Crippen LogP contribution in [-0.4, -0.2) is 76.9 Å². The molecule has 7 nitrogen and oxygen atoms in total. The van der Waals surface area contributed by atoms with E-state index >= 15 is 0 Å². The van der Waals surface area contributed by atoms with E-state index in [0.29, 0.717) is 19.1 Å². The Hall–Kier alpha value is -1.34. The van der Waals surface area contributed by atoms with Crippen LogP contribution in [0.1, 0.15) is 20.3 Å². The number of aliphatic hydroxyl groups is 1. The van der Waals surface area contributed by atoms with E-state index in [9.17, 15) is 14.7 Å². The van der Waals surface area contributed by atoms with Gasteiger partial charge in [-0.15, -0.1) is 0 Å². The number of rotatable bonds is 4. The van der Waals surface area contributed by atoms with Crippen molar-refractivity contribution in [3.05, 3.63) is 0 Å². The lowest BCUT2D eigenvalue weighted by Crippen LogP contribution is -2.57. The smallest absolute Gasteiger partial charge is 0.337 e. The van der Waals surface area contributed by atoms with Crippen molar-refractivity contribution in [1.82, 2.24) is 15.1 Å². The maximum atomic E-state index is 11.9. The third-order valence-corrected chi connectivity index (χ3v) is 3.58. The van der Waals surface area contributed by atoms with Gasteiger partial charge in [-0.2, -0.15) is 0 Å². The fourth-order valence-corrected chi connectivity index (χ4v) is 2.01. The van der Waals surface area contributed by atoms with Crippen molar-refractivity contribution >= 4 is 12.0 Å². The third kappa shape index (κ3) is 4.07. The summed E-state index contributed by atoms with van der Waals surface area (Å²) >= 11 is 0. The van der Waals surface area contributed by atoms with Crippen LogP contribution in [0.2, 0.25) is 0 Å². The predicted octanol–water partition coefficient (Wildman–Crippen LogP) is -0.442. The Morgan fingerprint density at radius 2 is 2.05 bits per heavy atom. The summed E-state index contributed by atoms with van der Waals surface area (Å²) in [5, 5.41) is 20.8. The van der Waals surface area contributed by atoms with Crippen LogP contribution in [-0.2, 0) is 4.79 Å². The van der Waals surface area contributed by atoms with E-state index < -0.39 is 11.6 Å². The minimum absolute atomic E-state index is 0.301. The van der Waals surface area contributed by atoms with E-state index in [2.05, 4.69) is 17.1 Å². The SMILES string of the molecule is CCC1CN(C(=O)NCC(C)(O)C(=O)O)CCN1C. The molecule has 0 aromatic rings. The normalized spacial score (nSPS) is 23.8. The Kier molecular flexibility index (Phi) is 5.13. The molecule has 1 fully saturated rings. The lowest BCUT2D eigenvalue weighted by atomic mass is 10.1. The van der Waals surface area contributed by atoms with Crippen LogP contribution in [0.25, 0.3) is 0 Å². The molecule has 2 amide bonds. The largest absolute Gasteiger partial charge is 0.479 e. The molecule has 2 unspecified atom stereocenters. The summed E-state index contributed by atoms with van der Waals surface area (Å²) in [6, 6.07) is -0.00689. The van der Waals surface area contributed by atoms with Gasteiger partial charge in [-0.05, 0) is 20.4 Å². The van der Waals surface area contributed by atoms with Gasteiger partial charge in [0.1, 0.15) is 0 Å². The molecule has 1 saturated heterocycles. The summed E-state index contributed by atoms with van der Waals surface area (Å²) in [7, 11) is 2.03. The molecule has 0 bridgehead atoms. The third-order valence-electron chi connectivity index (χ3n) is 3.58. The van der Waals surface area contributed by atoms with Gasteiger partial charge in [0, 0.05) is 25.7 Å². The number of nitrogens with one attached hydrogen (secondary N) is 1. The molecule has 0 aliphatic carbocycles. The Morgan fingerprint density at radius 1 is 1.42 bits per heavy atom. The van der Waals surface area contributed by atoms with Gasteiger partial charge in [0.25, 0.3) is 0 Å². The van der Waals surface area contributed by atoms with Crippen molar-refractivity contribution < 1.29 is 19.8 Å². The van der Waals surface area contributed by atoms with E-state index in [-0.39, 0.29) is 12.6 Å². The number of carbonyl (C=O) groups is 2. The topological polar surface area (TPSA) is 93.1 Å². The number of nitrogens with zero attached hydrogens (tertiary/aromatic N) is 2. The minimum Gasteiger partial charge on any atom is -0.479 e. The van der Waals surface area contributed by atoms with Crippen molar-refractivity contribution in [2.45, 2.75) is 31.9 Å². The van der Waals surface area contributed by atoms with E-state index in [1.54, 1.807) is 4.90 Å². The molecule has 1 aliphatic rings. The molecule has 110 valence electrons. The zero-order valence-corrected chi connectivity index (χ0v) is 11.7. The fraction of sp³-hybridized carbons (Fsp3) is 0.833. The molecule has 7 heteroatoms. The second-order valence-corrected chi connectivity index (χ2v) is 5.23. The van der Waals surface area contributed by atoms with E-state index in [1.807, 2.05) is 7.05 Å². The number of carbonyl (C=O) groups excluding carboxylic acids is 1. The number of likely N-dealkylation sites (N-methyl/N-ethyl adjacent to an activating group) is 1. The van der Waals surface area contributed by atoms with E-state index in [1.165, 1.54) is 0 Å². The molecule has 1 aliphatic heterocycles. The van der Waals surface area contributed by atoms with Gasteiger partial charge in [0.15, 0.2) is 5.60 Å². The van der Waals surface area contributed by atoms with Crippen LogP contribution in [0.15, 0.2) is 0 Å². The maximum absolute atomic E-state index is 11.9. The Balaban J connectivity index is 2.48. The van der Waals surface area contributed by atoms with Crippen LogP contribution in [0, 0.1) is 0 Å². The molecule has 0 aromatic carbocycles. The maximum Gasteiger partial charge on any atom is 0.337 e. The molecule has 1 rings (SSSR count). The first-order valence-corrected chi connectivity index (χ1v) is 6.46. The van der Waals surface area contributed by atoms with Gasteiger partial charge in [0.05, 0.1) is 6.54 Å². The molecular formula is C12H23N3O4. The van der Waals surface area contributed by atoms with Crippen LogP contribution in [0.3, 0.4) is 0 Å². The number of urea groups is 1. The van der Waals surface area contributed by atoms with Gasteiger partial charge >= 0.3 is 12.0 Å². The van der Waals surface area contributed by atoms with Crippen molar-refractivity contribution in [2.24, 2.45) is 0 Å². The molecule has 1 heterocycles. The second-order valence-electron chi connectivity index (χ2n) is 5.23. The average molecular weight is 273 g/mol. The van der Waals surface area contributed by atoms with Crippen molar-refractivity contribution in [3.63, 3.8) is 0 Å². The Morgan fingerprint density at radius 3 is 2.58 bits per heavy atom. The first-order valence-electron chi connectivity index (χ1n) is 6.46. The molecule has 0 aromatic heterocycles. The minimum atomic E-state index is -1.94. The summed E-state index contributed by atoms with van der Waals surface area (Å²) in [5.74, 6) is -1.35. The number of carboxylic acid groups (broad SMARTS) is 1. The number of aliphatic carboxylic acids is 1. The van der Waals surface area contributed by atoms with Crippen LogP contribution < -0.4 is 5.32 Å². The molecular weight excluding hydrogens is 250 g/mol. The molecule has 0 radical (unpaired) electrons. The zero-order valence-electron chi connectivity index (χ0n) is 11.7. The first kappa shape index (κ1) is 15.7. The van der Waals surface area contributed by atoms with Crippen LogP contribution in [0.5, 0.6) is 0 Å². The van der Waals surface area contributed by atoms with Crippen molar-refractivity contribution in [3.8, 4) is 0 Å². The van der Waals surface area contributed by atoms with Gasteiger partial charge in [-0.1, -0.05) is 6.92 Å². The van der Waals surface area contributed by atoms with E-state index in [4.69, 9.17) is 5.11 Å². The predicted molar refractivity (Wildman–Crippen MR) is 69.9 cm³/mol. The number of piperazine rings is 1. The second kappa shape index (κ2) is 6.21. The highest BCUT2D eigenvalue weighted by Crippen LogP contribution is 2.11. The molecule has 0 spiro atoms. The zero-order chi connectivity index (χ0) is 14.6. The molecule has 19 heavy (non-hydrogen) atoms. The van der Waals surface area contributed by atoms with Gasteiger partial charge < -0.3 is 20.4 Å². The first-order chi connectivity index (χ1) is 8.77. The lowest BCUT2D eigenvalue weighted by Gasteiger charge is -2.39. The quantitative estimate of drug-likeness (QED) is 0.645. The number of hydrogen-bond donors (Lipinski definition) is 3. The van der Waals surface area contributed by atoms with Crippen LogP contribution in [0.4, 0.5) is 4.79 Å². The van der Waals surface area contributed by atoms with E-state index in [0.717, 1.165) is 19.9 Å². The highest BCUT2D eigenvalue weighted by molar-refractivity contribution is 5.79. The van der Waals surface area contributed by atoms with Crippen LogP contribution >= 0.6 is 0 Å². The standard InChI is InChI=1S/C12H23N3O4/c1-4-9-7-15(6-5-14(9)3)11(18)13-8-12(2,19)10(16)17/h9,19H,4-8H2,1-3H3,(H,13,18)(H,16,17). The van der Waals surface area contributed by atoms with Gasteiger partial charge in [0.2, 0.25) is 0 Å². The Bertz CT molecular complexity index is 346.